The first-order valence-electron chi connectivity index (χ1n) is 3.63. The lowest BCUT2D eigenvalue weighted by atomic mass is 10.1. The molecule has 13 heavy (non-hydrogen) atoms. The first-order chi connectivity index (χ1) is 6.00. The first kappa shape index (κ1) is 11.1. The van der Waals surface area contributed by atoms with Crippen LogP contribution in [0.5, 0.6) is 0 Å². The Hall–Kier alpha value is 0.0700. The molecule has 1 heterocycles. The third kappa shape index (κ3) is 3.04. The Labute approximate surface area is 98.1 Å². The molecule has 0 fully saturated rings. The van der Waals surface area contributed by atoms with Gasteiger partial charge in [-0.15, -0.1) is 11.3 Å². The van der Waals surface area contributed by atoms with Crippen molar-refractivity contribution in [3.8, 4) is 0 Å². The lowest BCUT2D eigenvalue weighted by Gasteiger charge is -1.97. The van der Waals surface area contributed by atoms with Crippen LogP contribution in [0.15, 0.2) is 25.8 Å². The van der Waals surface area contributed by atoms with Gasteiger partial charge in [-0.2, -0.15) is 0 Å². The van der Waals surface area contributed by atoms with E-state index < -0.39 is 0 Å². The Balaban J connectivity index is 2.88. The molecule has 0 N–H and O–H groups in total. The average molecular weight is 324 g/mol. The average Bonchev–Trinajstić information content (AvgIpc) is 2.28. The molecule has 70 valence electrons. The molecule has 1 aromatic rings. The summed E-state index contributed by atoms with van der Waals surface area (Å²) in [5.74, 6) is 0.112. The Bertz CT molecular complexity index is 354. The minimum Gasteiger partial charge on any atom is -0.294 e. The Morgan fingerprint density at radius 2 is 2.23 bits per heavy atom. The van der Waals surface area contributed by atoms with Gasteiger partial charge in [0.1, 0.15) is 0 Å². The van der Waals surface area contributed by atoms with E-state index in [-0.39, 0.29) is 5.78 Å². The number of Topliss-reactive ketones (excluding diaryl/α,β-unsaturated/α-hetero) is 1. The zero-order valence-electron chi connectivity index (χ0n) is 7.06. The van der Waals surface area contributed by atoms with E-state index in [9.17, 15) is 4.79 Å². The smallest absolute Gasteiger partial charge is 0.168 e. The lowest BCUT2D eigenvalue weighted by molar-refractivity contribution is 0.0993. The summed E-state index contributed by atoms with van der Waals surface area (Å²) in [6.07, 6.45) is 0.418. The fourth-order valence-corrected chi connectivity index (χ4v) is 3.76. The third-order valence-electron chi connectivity index (χ3n) is 1.42. The fourth-order valence-electron chi connectivity index (χ4n) is 0.900. The Kier molecular flexibility index (Phi) is 3.88. The van der Waals surface area contributed by atoms with Crippen LogP contribution < -0.4 is 0 Å². The van der Waals surface area contributed by atoms with Gasteiger partial charge >= 0.3 is 0 Å². The standard InChI is InChI=1S/C9H8Br2OS/c1-5(2)3-7(12)6-4-8(10)13-9(6)11/h4H,1,3H2,2H3. The van der Waals surface area contributed by atoms with Crippen LogP contribution in [0.2, 0.25) is 0 Å². The van der Waals surface area contributed by atoms with Crippen LogP contribution in [-0.2, 0) is 0 Å². The van der Waals surface area contributed by atoms with Crippen LogP contribution in [0.1, 0.15) is 23.7 Å². The van der Waals surface area contributed by atoms with E-state index in [4.69, 9.17) is 0 Å². The molecule has 1 nitrogen and oxygen atoms in total. The molecule has 0 bridgehead atoms. The molecular weight excluding hydrogens is 316 g/mol. The maximum Gasteiger partial charge on any atom is 0.168 e. The number of hydrogen-bond acceptors (Lipinski definition) is 2. The maximum atomic E-state index is 11.6. The Morgan fingerprint density at radius 3 is 2.62 bits per heavy atom. The van der Waals surface area contributed by atoms with E-state index in [1.807, 2.05) is 13.0 Å². The van der Waals surface area contributed by atoms with Gasteiger partial charge in [0.2, 0.25) is 0 Å². The van der Waals surface area contributed by atoms with E-state index >= 15 is 0 Å². The maximum absolute atomic E-state index is 11.6. The van der Waals surface area contributed by atoms with Crippen molar-refractivity contribution in [2.24, 2.45) is 0 Å². The van der Waals surface area contributed by atoms with E-state index in [1.54, 1.807) is 0 Å². The molecule has 0 radical (unpaired) electrons. The highest BCUT2D eigenvalue weighted by Crippen LogP contribution is 2.32. The molecule has 0 amide bonds. The molecule has 0 aromatic carbocycles. The predicted molar refractivity (Wildman–Crippen MR) is 63.5 cm³/mol. The molecule has 0 spiro atoms. The van der Waals surface area contributed by atoms with Crippen molar-refractivity contribution >= 4 is 49.0 Å². The number of thiophene rings is 1. The predicted octanol–water partition coefficient (Wildman–Crippen LogP) is 4.42. The molecule has 0 atom stereocenters. The third-order valence-corrected chi connectivity index (χ3v) is 3.76. The van der Waals surface area contributed by atoms with Gasteiger partial charge in [-0.3, -0.25) is 4.79 Å². The number of hydrogen-bond donors (Lipinski definition) is 0. The van der Waals surface area contributed by atoms with Crippen molar-refractivity contribution in [1.82, 2.24) is 0 Å². The molecule has 4 heteroatoms. The molecule has 0 aliphatic carbocycles. The Morgan fingerprint density at radius 1 is 1.62 bits per heavy atom. The largest absolute Gasteiger partial charge is 0.294 e. The van der Waals surface area contributed by atoms with Crippen LogP contribution in [0, 0.1) is 0 Å². The van der Waals surface area contributed by atoms with Crippen LogP contribution in [0.4, 0.5) is 0 Å². The lowest BCUT2D eigenvalue weighted by Crippen LogP contribution is -1.97. The molecule has 0 saturated carbocycles. The van der Waals surface area contributed by atoms with Crippen LogP contribution in [0.25, 0.3) is 0 Å². The summed E-state index contributed by atoms with van der Waals surface area (Å²) in [4.78, 5) is 11.6. The highest BCUT2D eigenvalue weighted by Gasteiger charge is 2.13. The zero-order chi connectivity index (χ0) is 10.0. The summed E-state index contributed by atoms with van der Waals surface area (Å²) >= 11 is 8.18. The van der Waals surface area contributed by atoms with Crippen molar-refractivity contribution < 1.29 is 4.79 Å². The number of rotatable bonds is 3. The van der Waals surface area contributed by atoms with E-state index in [2.05, 4.69) is 38.4 Å². The zero-order valence-corrected chi connectivity index (χ0v) is 11.1. The number of allylic oxidation sites excluding steroid dienone is 1. The summed E-state index contributed by atoms with van der Waals surface area (Å²) in [6, 6.07) is 1.83. The van der Waals surface area contributed by atoms with Gasteiger partial charge in [-0.05, 0) is 44.8 Å². The molecule has 0 aliphatic rings. The summed E-state index contributed by atoms with van der Waals surface area (Å²) in [5, 5.41) is 0. The number of carbonyl (C=O) groups is 1. The minimum atomic E-state index is 0.112. The monoisotopic (exact) mass is 322 g/mol. The van der Waals surface area contributed by atoms with Crippen molar-refractivity contribution in [2.45, 2.75) is 13.3 Å². The van der Waals surface area contributed by atoms with E-state index in [0.717, 1.165) is 18.7 Å². The molecular formula is C9H8Br2OS. The SMILES string of the molecule is C=C(C)CC(=O)c1cc(Br)sc1Br. The number of carbonyl (C=O) groups excluding carboxylic acids is 1. The van der Waals surface area contributed by atoms with Gasteiger partial charge in [0, 0.05) is 12.0 Å². The number of halogens is 2. The van der Waals surface area contributed by atoms with E-state index in [1.165, 1.54) is 11.3 Å². The molecule has 1 aromatic heterocycles. The summed E-state index contributed by atoms with van der Waals surface area (Å²) in [7, 11) is 0. The first-order valence-corrected chi connectivity index (χ1v) is 6.03. The van der Waals surface area contributed by atoms with Gasteiger partial charge in [-0.1, -0.05) is 12.2 Å². The highest BCUT2D eigenvalue weighted by molar-refractivity contribution is 9.12. The second-order valence-electron chi connectivity index (χ2n) is 2.79. The van der Waals surface area contributed by atoms with Gasteiger partial charge in [0.25, 0.3) is 0 Å². The molecule has 1 rings (SSSR count). The van der Waals surface area contributed by atoms with Gasteiger partial charge < -0.3 is 0 Å². The normalized spacial score (nSPS) is 10.1. The van der Waals surface area contributed by atoms with Crippen LogP contribution in [0.3, 0.4) is 0 Å². The molecule has 0 saturated heterocycles. The fraction of sp³-hybridized carbons (Fsp3) is 0.222. The topological polar surface area (TPSA) is 17.1 Å². The van der Waals surface area contributed by atoms with Gasteiger partial charge in [-0.25, -0.2) is 0 Å². The summed E-state index contributed by atoms with van der Waals surface area (Å²) in [5.41, 5.74) is 1.62. The second kappa shape index (κ2) is 4.53. The van der Waals surface area contributed by atoms with Gasteiger partial charge in [0.15, 0.2) is 5.78 Å². The summed E-state index contributed by atoms with van der Waals surface area (Å²) in [6.45, 7) is 5.57. The van der Waals surface area contributed by atoms with Crippen molar-refractivity contribution in [2.75, 3.05) is 0 Å². The highest BCUT2D eigenvalue weighted by atomic mass is 79.9. The molecule has 0 aliphatic heterocycles. The van der Waals surface area contributed by atoms with E-state index in [0.29, 0.717) is 6.42 Å². The quantitative estimate of drug-likeness (QED) is 0.594. The van der Waals surface area contributed by atoms with Crippen LogP contribution in [-0.4, -0.2) is 5.78 Å². The van der Waals surface area contributed by atoms with Crippen molar-refractivity contribution in [3.63, 3.8) is 0 Å². The van der Waals surface area contributed by atoms with Crippen LogP contribution >= 0.6 is 43.2 Å². The number of ketones is 1. The molecule has 0 unspecified atom stereocenters. The van der Waals surface area contributed by atoms with Gasteiger partial charge in [0.05, 0.1) is 7.57 Å². The van der Waals surface area contributed by atoms with Crippen molar-refractivity contribution in [1.29, 1.82) is 0 Å². The second-order valence-corrected chi connectivity index (χ2v) is 6.54. The summed E-state index contributed by atoms with van der Waals surface area (Å²) < 4.78 is 1.84. The van der Waals surface area contributed by atoms with Crippen molar-refractivity contribution in [3.05, 3.63) is 31.4 Å². The minimum absolute atomic E-state index is 0.112.